The summed E-state index contributed by atoms with van der Waals surface area (Å²) in [6, 6.07) is 3.47. The predicted octanol–water partition coefficient (Wildman–Crippen LogP) is 3.66. The van der Waals surface area contributed by atoms with E-state index < -0.39 is 0 Å². The van der Waals surface area contributed by atoms with E-state index in [-0.39, 0.29) is 11.8 Å². The molecular formula is C25H37N3O3. The molecule has 1 saturated carbocycles. The maximum absolute atomic E-state index is 12.9. The van der Waals surface area contributed by atoms with E-state index in [1.807, 2.05) is 4.90 Å². The van der Waals surface area contributed by atoms with Gasteiger partial charge in [-0.1, -0.05) is 32.4 Å². The number of allylic oxidation sites excluding steroid dienone is 1. The summed E-state index contributed by atoms with van der Waals surface area (Å²) in [4.78, 5) is 31.6. The third kappa shape index (κ3) is 4.59. The topological polar surface area (TPSA) is 57.0 Å². The number of amides is 2. The maximum Gasteiger partial charge on any atom is 0.289 e. The van der Waals surface area contributed by atoms with Crippen molar-refractivity contribution in [2.24, 2.45) is 17.3 Å². The van der Waals surface area contributed by atoms with Crippen LogP contribution in [0.2, 0.25) is 0 Å². The van der Waals surface area contributed by atoms with Crippen LogP contribution >= 0.6 is 0 Å². The maximum atomic E-state index is 12.9. The van der Waals surface area contributed by atoms with Crippen molar-refractivity contribution in [3.8, 4) is 0 Å². The molecule has 0 aromatic carbocycles. The Hall–Kier alpha value is -2.08. The van der Waals surface area contributed by atoms with E-state index in [1.165, 1.54) is 24.7 Å². The van der Waals surface area contributed by atoms with E-state index in [4.69, 9.17) is 4.42 Å². The molecule has 0 N–H and O–H groups in total. The largest absolute Gasteiger partial charge is 0.459 e. The van der Waals surface area contributed by atoms with Crippen molar-refractivity contribution in [1.82, 2.24) is 14.7 Å². The molecule has 2 fully saturated rings. The Balaban J connectivity index is 1.30. The fourth-order valence-electron chi connectivity index (χ4n) is 5.53. The molecule has 4 aliphatic rings. The molecule has 2 bridgehead atoms. The van der Waals surface area contributed by atoms with Gasteiger partial charge in [-0.05, 0) is 48.6 Å². The van der Waals surface area contributed by atoms with Gasteiger partial charge in [-0.3, -0.25) is 14.5 Å². The van der Waals surface area contributed by atoms with Crippen LogP contribution in [-0.4, -0.2) is 72.3 Å². The first kappa shape index (κ1) is 22.1. The Morgan fingerprint density at radius 3 is 2.61 bits per heavy atom. The number of hydrogen-bond acceptors (Lipinski definition) is 4. The molecule has 31 heavy (non-hydrogen) atoms. The van der Waals surface area contributed by atoms with Gasteiger partial charge >= 0.3 is 0 Å². The average molecular weight is 428 g/mol. The summed E-state index contributed by atoms with van der Waals surface area (Å²) in [6.07, 6.45) is 7.92. The number of furan rings is 1. The van der Waals surface area contributed by atoms with Gasteiger partial charge in [0.1, 0.15) is 0 Å². The van der Waals surface area contributed by atoms with Gasteiger partial charge in [0.15, 0.2) is 5.76 Å². The van der Waals surface area contributed by atoms with Crippen molar-refractivity contribution in [1.29, 1.82) is 0 Å². The molecule has 1 aliphatic heterocycles. The van der Waals surface area contributed by atoms with E-state index in [9.17, 15) is 9.59 Å². The fourth-order valence-corrected chi connectivity index (χ4v) is 5.53. The molecule has 2 heterocycles. The minimum absolute atomic E-state index is 0.0324. The van der Waals surface area contributed by atoms with Crippen LogP contribution in [0.15, 0.2) is 34.5 Å². The van der Waals surface area contributed by atoms with Crippen LogP contribution in [0.1, 0.15) is 57.0 Å². The van der Waals surface area contributed by atoms with Crippen molar-refractivity contribution in [3.63, 3.8) is 0 Å². The Labute approximate surface area is 186 Å². The van der Waals surface area contributed by atoms with Crippen molar-refractivity contribution >= 4 is 11.8 Å². The quantitative estimate of drug-likeness (QED) is 0.594. The SMILES string of the molecule is CCCC(=O)N(CCN1CCN(C(=O)c2ccco2)CC1)CC1=CCC2CC1C2(C)C. The molecule has 6 heteroatoms. The molecule has 0 spiro atoms. The number of fused-ring (bicyclic) bond motifs is 1. The summed E-state index contributed by atoms with van der Waals surface area (Å²) >= 11 is 0. The summed E-state index contributed by atoms with van der Waals surface area (Å²) in [5.74, 6) is 2.11. The van der Waals surface area contributed by atoms with Gasteiger partial charge in [-0.25, -0.2) is 0 Å². The third-order valence-corrected chi connectivity index (χ3v) is 7.85. The zero-order valence-electron chi connectivity index (χ0n) is 19.3. The highest BCUT2D eigenvalue weighted by molar-refractivity contribution is 5.91. The summed E-state index contributed by atoms with van der Waals surface area (Å²) in [5, 5.41) is 0. The molecule has 1 saturated heterocycles. The van der Waals surface area contributed by atoms with Gasteiger partial charge in [0.05, 0.1) is 6.26 Å². The highest BCUT2D eigenvalue weighted by Crippen LogP contribution is 2.59. The summed E-state index contributed by atoms with van der Waals surface area (Å²) < 4.78 is 5.25. The monoisotopic (exact) mass is 427 g/mol. The van der Waals surface area contributed by atoms with Crippen LogP contribution in [-0.2, 0) is 4.79 Å². The first-order valence-electron chi connectivity index (χ1n) is 11.9. The van der Waals surface area contributed by atoms with Crippen LogP contribution in [0.3, 0.4) is 0 Å². The lowest BCUT2D eigenvalue weighted by molar-refractivity contribution is -0.131. The number of carbonyl (C=O) groups excluding carboxylic acids is 2. The molecule has 5 rings (SSSR count). The summed E-state index contributed by atoms with van der Waals surface area (Å²) in [6.45, 7) is 12.3. The Morgan fingerprint density at radius 1 is 1.23 bits per heavy atom. The molecular weight excluding hydrogens is 390 g/mol. The first-order valence-corrected chi connectivity index (χ1v) is 11.9. The summed E-state index contributed by atoms with van der Waals surface area (Å²) in [7, 11) is 0. The van der Waals surface area contributed by atoms with E-state index in [0.29, 0.717) is 36.6 Å². The lowest BCUT2D eigenvalue weighted by atomic mass is 9.49. The van der Waals surface area contributed by atoms with Gasteiger partial charge in [-0.2, -0.15) is 0 Å². The molecule has 1 aromatic heterocycles. The van der Waals surface area contributed by atoms with Gasteiger partial charge in [-0.15, -0.1) is 0 Å². The number of hydrogen-bond donors (Lipinski definition) is 0. The molecule has 2 amide bonds. The smallest absolute Gasteiger partial charge is 0.289 e. The fraction of sp³-hybridized carbons (Fsp3) is 0.680. The Kier molecular flexibility index (Phi) is 6.56. The van der Waals surface area contributed by atoms with E-state index in [1.54, 1.807) is 12.1 Å². The molecule has 1 aromatic rings. The molecule has 2 unspecified atom stereocenters. The van der Waals surface area contributed by atoms with E-state index >= 15 is 0 Å². The second-order valence-electron chi connectivity index (χ2n) is 10.00. The number of nitrogens with zero attached hydrogens (tertiary/aromatic N) is 3. The van der Waals surface area contributed by atoms with Crippen LogP contribution in [0.4, 0.5) is 0 Å². The predicted molar refractivity (Wildman–Crippen MR) is 121 cm³/mol. The van der Waals surface area contributed by atoms with Gasteiger partial charge in [0.2, 0.25) is 5.91 Å². The molecule has 2 atom stereocenters. The van der Waals surface area contributed by atoms with Crippen molar-refractivity contribution in [3.05, 3.63) is 35.8 Å². The lowest BCUT2D eigenvalue weighted by Gasteiger charge is -2.57. The van der Waals surface area contributed by atoms with Crippen LogP contribution in [0, 0.1) is 17.3 Å². The molecule has 170 valence electrons. The van der Waals surface area contributed by atoms with Gasteiger partial charge < -0.3 is 14.2 Å². The first-order chi connectivity index (χ1) is 14.9. The van der Waals surface area contributed by atoms with Crippen LogP contribution < -0.4 is 0 Å². The van der Waals surface area contributed by atoms with Crippen molar-refractivity contribution in [2.45, 2.75) is 46.5 Å². The van der Waals surface area contributed by atoms with E-state index in [0.717, 1.165) is 45.1 Å². The Morgan fingerprint density at radius 2 is 2.00 bits per heavy atom. The normalized spacial score (nSPS) is 25.0. The van der Waals surface area contributed by atoms with Gasteiger partial charge in [0.25, 0.3) is 5.91 Å². The zero-order chi connectivity index (χ0) is 22.0. The van der Waals surface area contributed by atoms with Crippen LogP contribution in [0.25, 0.3) is 0 Å². The second kappa shape index (κ2) is 9.19. The second-order valence-corrected chi connectivity index (χ2v) is 10.00. The lowest BCUT2D eigenvalue weighted by Crippen LogP contribution is -2.52. The molecule has 6 nitrogen and oxygen atoms in total. The van der Waals surface area contributed by atoms with Crippen molar-refractivity contribution in [2.75, 3.05) is 45.8 Å². The zero-order valence-corrected chi connectivity index (χ0v) is 19.3. The number of piperazine rings is 1. The summed E-state index contributed by atoms with van der Waals surface area (Å²) in [5.41, 5.74) is 1.87. The Bertz CT molecular complexity index is 806. The average Bonchev–Trinajstić information content (AvgIpc) is 3.31. The highest BCUT2D eigenvalue weighted by Gasteiger charge is 2.51. The molecule has 3 aliphatic carbocycles. The highest BCUT2D eigenvalue weighted by atomic mass is 16.3. The van der Waals surface area contributed by atoms with E-state index in [2.05, 4.69) is 36.6 Å². The number of rotatable bonds is 8. The van der Waals surface area contributed by atoms with Gasteiger partial charge in [0, 0.05) is 52.2 Å². The van der Waals surface area contributed by atoms with Crippen LogP contribution in [0.5, 0.6) is 0 Å². The minimum Gasteiger partial charge on any atom is -0.459 e. The standard InChI is InChI=1S/C25H37N3O3/c1-4-6-23(29)28(18-19-8-9-20-17-21(19)25(20,2)3)15-12-26-10-13-27(14-11-26)24(30)22-7-5-16-31-22/h5,7-8,16,20-21H,4,6,9-15,17-18H2,1-3H3. The molecule has 0 radical (unpaired) electrons. The minimum atomic E-state index is -0.0324. The van der Waals surface area contributed by atoms with Crippen molar-refractivity contribution < 1.29 is 14.0 Å². The third-order valence-electron chi connectivity index (χ3n) is 7.85. The number of carbonyl (C=O) groups is 2.